The van der Waals surface area contributed by atoms with Crippen LogP contribution in [0.5, 0.6) is 0 Å². The molecule has 2 nitrogen and oxygen atoms in total. The smallest absolute Gasteiger partial charge is 0.119 e. The van der Waals surface area contributed by atoms with Crippen molar-refractivity contribution in [2.75, 3.05) is 0 Å². The number of hydrogen-bond acceptors (Lipinski definition) is 3. The van der Waals surface area contributed by atoms with E-state index in [-0.39, 0.29) is 0 Å². The highest BCUT2D eigenvalue weighted by molar-refractivity contribution is 7.98. The maximum absolute atomic E-state index is 6.16. The van der Waals surface area contributed by atoms with E-state index in [0.717, 1.165) is 32.6 Å². The molecule has 0 saturated carbocycles. The van der Waals surface area contributed by atoms with E-state index < -0.39 is 0 Å². The monoisotopic (exact) mass is 326 g/mol. The molecule has 3 aromatic rings. The topological polar surface area (TPSA) is 25.8 Å². The molecule has 0 fully saturated rings. The van der Waals surface area contributed by atoms with E-state index in [1.165, 1.54) is 5.56 Å². The van der Waals surface area contributed by atoms with E-state index in [1.54, 1.807) is 11.8 Å². The highest BCUT2D eigenvalue weighted by Gasteiger charge is 2.05. The Morgan fingerprint density at radius 1 is 0.909 bits per heavy atom. The molecule has 1 aromatic heterocycles. The van der Waals surface area contributed by atoms with Gasteiger partial charge < -0.3 is 0 Å². The molecule has 0 aliphatic heterocycles. The average Bonchev–Trinajstić information content (AvgIpc) is 2.55. The minimum atomic E-state index is 0.790. The SMILES string of the molecule is Cc1ccccc1-c1ccc(SCc2ccccc2Cl)nn1. The molecule has 0 bridgehead atoms. The summed E-state index contributed by atoms with van der Waals surface area (Å²) in [6.45, 7) is 2.08. The Morgan fingerprint density at radius 2 is 1.68 bits per heavy atom. The number of halogens is 1. The van der Waals surface area contributed by atoms with Gasteiger partial charge in [0.15, 0.2) is 0 Å². The third kappa shape index (κ3) is 3.49. The summed E-state index contributed by atoms with van der Waals surface area (Å²) in [5, 5.41) is 10.3. The van der Waals surface area contributed by atoms with Gasteiger partial charge in [0.25, 0.3) is 0 Å². The van der Waals surface area contributed by atoms with Crippen LogP contribution in [-0.2, 0) is 5.75 Å². The van der Waals surface area contributed by atoms with Gasteiger partial charge in [0.05, 0.1) is 5.69 Å². The van der Waals surface area contributed by atoms with Crippen molar-refractivity contribution in [1.82, 2.24) is 10.2 Å². The number of benzene rings is 2. The van der Waals surface area contributed by atoms with Crippen LogP contribution in [0, 0.1) is 6.92 Å². The Bertz CT molecular complexity index is 772. The van der Waals surface area contributed by atoms with Crippen molar-refractivity contribution >= 4 is 23.4 Å². The van der Waals surface area contributed by atoms with Crippen molar-refractivity contribution in [3.05, 3.63) is 76.8 Å². The van der Waals surface area contributed by atoms with Gasteiger partial charge in [-0.15, -0.1) is 10.2 Å². The molecule has 0 saturated heterocycles. The molecule has 0 unspecified atom stereocenters. The average molecular weight is 327 g/mol. The van der Waals surface area contributed by atoms with E-state index in [1.807, 2.05) is 48.5 Å². The summed E-state index contributed by atoms with van der Waals surface area (Å²) in [6.07, 6.45) is 0. The van der Waals surface area contributed by atoms with Crippen LogP contribution in [0.15, 0.2) is 65.7 Å². The third-order valence-corrected chi connectivity index (χ3v) is 4.73. The van der Waals surface area contributed by atoms with Gasteiger partial charge in [-0.2, -0.15) is 0 Å². The summed E-state index contributed by atoms with van der Waals surface area (Å²) >= 11 is 7.80. The van der Waals surface area contributed by atoms with Crippen molar-refractivity contribution in [3.8, 4) is 11.3 Å². The predicted molar refractivity (Wildman–Crippen MR) is 93.2 cm³/mol. The molecule has 0 atom stereocenters. The molecule has 2 aromatic carbocycles. The van der Waals surface area contributed by atoms with E-state index in [4.69, 9.17) is 11.6 Å². The van der Waals surface area contributed by atoms with Crippen LogP contribution in [0.1, 0.15) is 11.1 Å². The quantitative estimate of drug-likeness (QED) is 0.600. The zero-order valence-electron chi connectivity index (χ0n) is 12.2. The van der Waals surface area contributed by atoms with E-state index >= 15 is 0 Å². The Morgan fingerprint density at radius 3 is 2.41 bits per heavy atom. The van der Waals surface area contributed by atoms with Crippen molar-refractivity contribution in [2.45, 2.75) is 17.7 Å². The zero-order chi connectivity index (χ0) is 15.4. The van der Waals surface area contributed by atoms with Gasteiger partial charge in [-0.1, -0.05) is 65.8 Å². The molecule has 0 aliphatic rings. The molecule has 1 heterocycles. The molecule has 22 heavy (non-hydrogen) atoms. The van der Waals surface area contributed by atoms with Gasteiger partial charge in [-0.3, -0.25) is 0 Å². The van der Waals surface area contributed by atoms with Crippen LogP contribution in [0.25, 0.3) is 11.3 Å². The fraction of sp³-hybridized carbons (Fsp3) is 0.111. The Balaban J connectivity index is 1.72. The number of rotatable bonds is 4. The van der Waals surface area contributed by atoms with Crippen molar-refractivity contribution in [1.29, 1.82) is 0 Å². The minimum absolute atomic E-state index is 0.790. The summed E-state index contributed by atoms with van der Waals surface area (Å²) in [5.41, 5.74) is 4.34. The van der Waals surface area contributed by atoms with Crippen molar-refractivity contribution in [2.24, 2.45) is 0 Å². The molecular weight excluding hydrogens is 312 g/mol. The normalized spacial score (nSPS) is 10.6. The number of hydrogen-bond donors (Lipinski definition) is 0. The summed E-state index contributed by atoms with van der Waals surface area (Å²) in [4.78, 5) is 0. The van der Waals surface area contributed by atoms with Crippen LogP contribution in [0.4, 0.5) is 0 Å². The van der Waals surface area contributed by atoms with Crippen LogP contribution in [-0.4, -0.2) is 10.2 Å². The fourth-order valence-electron chi connectivity index (χ4n) is 2.17. The number of nitrogens with zero attached hydrogens (tertiary/aromatic N) is 2. The van der Waals surface area contributed by atoms with Gasteiger partial charge in [-0.25, -0.2) is 0 Å². The molecule has 0 aliphatic carbocycles. The first-order valence-electron chi connectivity index (χ1n) is 7.00. The second kappa shape index (κ2) is 6.95. The Kier molecular flexibility index (Phi) is 4.76. The van der Waals surface area contributed by atoms with Crippen LogP contribution in [0.3, 0.4) is 0 Å². The Hall–Kier alpha value is -1.84. The molecule has 0 amide bonds. The Labute approximate surface area is 139 Å². The van der Waals surface area contributed by atoms with Crippen LogP contribution >= 0.6 is 23.4 Å². The minimum Gasteiger partial charge on any atom is -0.149 e. The summed E-state index contributed by atoms with van der Waals surface area (Å²) in [5.74, 6) is 0.790. The summed E-state index contributed by atoms with van der Waals surface area (Å²) in [7, 11) is 0. The van der Waals surface area contributed by atoms with E-state index in [0.29, 0.717) is 0 Å². The second-order valence-electron chi connectivity index (χ2n) is 4.95. The van der Waals surface area contributed by atoms with Crippen molar-refractivity contribution in [3.63, 3.8) is 0 Å². The first-order valence-corrected chi connectivity index (χ1v) is 8.36. The predicted octanol–water partition coefficient (Wildman–Crippen LogP) is 5.40. The number of aromatic nitrogens is 2. The van der Waals surface area contributed by atoms with Gasteiger partial charge in [0, 0.05) is 16.3 Å². The standard InChI is InChI=1S/C18H15ClN2S/c1-13-6-2-4-8-15(13)17-10-11-18(21-20-17)22-12-14-7-3-5-9-16(14)19/h2-11H,12H2,1H3. The lowest BCUT2D eigenvalue weighted by molar-refractivity contribution is 0.934. The summed E-state index contributed by atoms with van der Waals surface area (Å²) < 4.78 is 0. The van der Waals surface area contributed by atoms with Gasteiger partial charge >= 0.3 is 0 Å². The third-order valence-electron chi connectivity index (χ3n) is 3.39. The molecule has 3 rings (SSSR count). The zero-order valence-corrected chi connectivity index (χ0v) is 13.7. The maximum Gasteiger partial charge on any atom is 0.119 e. The fourth-order valence-corrected chi connectivity index (χ4v) is 3.27. The van der Waals surface area contributed by atoms with E-state index in [9.17, 15) is 0 Å². The largest absolute Gasteiger partial charge is 0.149 e. The lowest BCUT2D eigenvalue weighted by Crippen LogP contribution is -1.92. The van der Waals surface area contributed by atoms with Gasteiger partial charge in [-0.05, 0) is 36.2 Å². The number of aryl methyl sites for hydroxylation is 1. The highest BCUT2D eigenvalue weighted by Crippen LogP contribution is 2.26. The number of thioether (sulfide) groups is 1. The second-order valence-corrected chi connectivity index (χ2v) is 6.35. The van der Waals surface area contributed by atoms with Crippen molar-refractivity contribution < 1.29 is 0 Å². The van der Waals surface area contributed by atoms with Gasteiger partial charge in [0.2, 0.25) is 0 Å². The van der Waals surface area contributed by atoms with Crippen LogP contribution < -0.4 is 0 Å². The summed E-state index contributed by atoms with van der Waals surface area (Å²) in [6, 6.07) is 20.1. The molecular formula is C18H15ClN2S. The molecule has 110 valence electrons. The first kappa shape index (κ1) is 15.1. The highest BCUT2D eigenvalue weighted by atomic mass is 35.5. The molecule has 4 heteroatoms. The van der Waals surface area contributed by atoms with E-state index in [2.05, 4.69) is 29.3 Å². The first-order chi connectivity index (χ1) is 10.7. The van der Waals surface area contributed by atoms with Gasteiger partial charge in [0.1, 0.15) is 5.03 Å². The molecule has 0 radical (unpaired) electrons. The lowest BCUT2D eigenvalue weighted by atomic mass is 10.1. The van der Waals surface area contributed by atoms with Crippen LogP contribution in [0.2, 0.25) is 5.02 Å². The lowest BCUT2D eigenvalue weighted by Gasteiger charge is -2.06. The maximum atomic E-state index is 6.16. The molecule has 0 N–H and O–H groups in total. The molecule has 0 spiro atoms.